The number of phosphoric ester groups is 1. The quantitative estimate of drug-likeness (QED) is 0.0278. The van der Waals surface area contributed by atoms with E-state index in [1.807, 2.05) is 27.2 Å². The molecule has 0 aromatic rings. The summed E-state index contributed by atoms with van der Waals surface area (Å²) in [4.78, 5) is 25.2. The maximum Gasteiger partial charge on any atom is 0.268 e. The van der Waals surface area contributed by atoms with Gasteiger partial charge in [-0.15, -0.1) is 0 Å². The number of carbonyl (C=O) groups is 1. The van der Waals surface area contributed by atoms with Gasteiger partial charge in [0.15, 0.2) is 0 Å². The molecule has 0 aromatic heterocycles. The molecule has 0 rings (SSSR count). The zero-order valence-corrected chi connectivity index (χ0v) is 36.6. The molecule has 3 unspecified atom stereocenters. The number of hydrogen-bond acceptors (Lipinski definition) is 6. The van der Waals surface area contributed by atoms with Crippen LogP contribution in [0.25, 0.3) is 0 Å². The predicted molar refractivity (Wildman–Crippen MR) is 228 cm³/mol. The van der Waals surface area contributed by atoms with E-state index in [-0.39, 0.29) is 12.5 Å². The Kier molecular flexibility index (Phi) is 36.0. The normalized spacial score (nSPS) is 14.9. The number of amides is 1. The van der Waals surface area contributed by atoms with Crippen LogP contribution in [0, 0.1) is 0 Å². The maximum atomic E-state index is 12.8. The average Bonchev–Trinajstić information content (AvgIpc) is 3.12. The Morgan fingerprint density at radius 1 is 0.667 bits per heavy atom. The number of rotatable bonds is 39. The number of unbranched alkanes of at least 4 members (excludes halogenated alkanes) is 20. The fraction of sp³-hybridized carbons (Fsp3) is 0.800. The van der Waals surface area contributed by atoms with Gasteiger partial charge in [-0.05, 0) is 51.4 Å². The molecule has 1 amide bonds. The van der Waals surface area contributed by atoms with Crippen LogP contribution in [0.1, 0.15) is 181 Å². The summed E-state index contributed by atoms with van der Waals surface area (Å²) in [5.41, 5.74) is 0. The van der Waals surface area contributed by atoms with Crippen molar-refractivity contribution in [3.8, 4) is 0 Å². The summed E-state index contributed by atoms with van der Waals surface area (Å²) in [6, 6.07) is -0.901. The van der Waals surface area contributed by atoms with Gasteiger partial charge >= 0.3 is 0 Å². The molecule has 9 heteroatoms. The van der Waals surface area contributed by atoms with Gasteiger partial charge in [-0.1, -0.05) is 172 Å². The van der Waals surface area contributed by atoms with Crippen molar-refractivity contribution in [3.05, 3.63) is 48.6 Å². The highest BCUT2D eigenvalue weighted by Gasteiger charge is 2.23. The van der Waals surface area contributed by atoms with Crippen molar-refractivity contribution < 1.29 is 32.9 Å². The molecular formula is C45H85N2O6P. The number of nitrogens with one attached hydrogen (secondary N) is 1. The molecule has 0 bridgehead atoms. The molecule has 0 saturated heterocycles. The number of aliphatic hydroxyl groups excluding tert-OH is 1. The summed E-state index contributed by atoms with van der Waals surface area (Å²) >= 11 is 0. The van der Waals surface area contributed by atoms with Gasteiger partial charge in [-0.25, -0.2) is 0 Å². The first-order valence-corrected chi connectivity index (χ1v) is 23.5. The molecule has 0 aliphatic carbocycles. The van der Waals surface area contributed by atoms with Crippen LogP contribution in [0.15, 0.2) is 48.6 Å². The minimum absolute atomic E-state index is 0.00828. The third-order valence-corrected chi connectivity index (χ3v) is 10.5. The zero-order chi connectivity index (χ0) is 40.0. The first-order valence-electron chi connectivity index (χ1n) is 22.0. The van der Waals surface area contributed by atoms with E-state index in [9.17, 15) is 19.4 Å². The van der Waals surface area contributed by atoms with E-state index in [0.29, 0.717) is 17.4 Å². The number of nitrogens with zero attached hydrogens (tertiary/aromatic N) is 1. The van der Waals surface area contributed by atoms with Crippen molar-refractivity contribution in [3.63, 3.8) is 0 Å². The predicted octanol–water partition coefficient (Wildman–Crippen LogP) is 11.4. The fourth-order valence-electron chi connectivity index (χ4n) is 6.05. The van der Waals surface area contributed by atoms with Crippen LogP contribution in [-0.2, 0) is 18.4 Å². The summed E-state index contributed by atoms with van der Waals surface area (Å²) in [6.45, 7) is 4.50. The van der Waals surface area contributed by atoms with Crippen LogP contribution in [0.5, 0.6) is 0 Å². The molecule has 0 aliphatic heterocycles. The lowest BCUT2D eigenvalue weighted by Crippen LogP contribution is -2.45. The Balaban J connectivity index is 4.45. The van der Waals surface area contributed by atoms with Gasteiger partial charge in [-0.3, -0.25) is 9.36 Å². The first-order chi connectivity index (χ1) is 26.0. The lowest BCUT2D eigenvalue weighted by Gasteiger charge is -2.29. The van der Waals surface area contributed by atoms with Crippen molar-refractivity contribution in [2.24, 2.45) is 0 Å². The van der Waals surface area contributed by atoms with E-state index in [2.05, 4.69) is 55.6 Å². The van der Waals surface area contributed by atoms with Gasteiger partial charge < -0.3 is 28.8 Å². The lowest BCUT2D eigenvalue weighted by molar-refractivity contribution is -0.870. The molecular weight excluding hydrogens is 695 g/mol. The molecule has 54 heavy (non-hydrogen) atoms. The highest BCUT2D eigenvalue weighted by atomic mass is 31.2. The number of allylic oxidation sites excluding steroid dienone is 7. The first kappa shape index (κ1) is 52.5. The number of phosphoric acid groups is 1. The van der Waals surface area contributed by atoms with E-state index < -0.39 is 26.6 Å². The highest BCUT2D eigenvalue weighted by Crippen LogP contribution is 2.38. The van der Waals surface area contributed by atoms with E-state index >= 15 is 0 Å². The number of aliphatic hydroxyl groups is 1. The molecule has 0 radical (unpaired) electrons. The van der Waals surface area contributed by atoms with E-state index in [1.165, 1.54) is 96.3 Å². The molecule has 0 fully saturated rings. The summed E-state index contributed by atoms with van der Waals surface area (Å²) in [7, 11) is 1.23. The third-order valence-electron chi connectivity index (χ3n) is 9.54. The second-order valence-electron chi connectivity index (χ2n) is 16.0. The number of quaternary nitrogens is 1. The third kappa shape index (κ3) is 38.7. The molecule has 0 aromatic carbocycles. The van der Waals surface area contributed by atoms with Crippen LogP contribution in [0.3, 0.4) is 0 Å². The van der Waals surface area contributed by atoms with E-state index in [4.69, 9.17) is 9.05 Å². The second kappa shape index (κ2) is 37.1. The summed E-state index contributed by atoms with van der Waals surface area (Å²) < 4.78 is 23.2. The summed E-state index contributed by atoms with van der Waals surface area (Å²) in [5, 5.41) is 13.7. The van der Waals surface area contributed by atoms with Gasteiger partial charge in [-0.2, -0.15) is 0 Å². The Hall–Kier alpha value is -1.54. The Bertz CT molecular complexity index is 1020. The van der Waals surface area contributed by atoms with Crippen molar-refractivity contribution in [1.29, 1.82) is 0 Å². The summed E-state index contributed by atoms with van der Waals surface area (Å²) in [6.07, 6.45) is 45.9. The van der Waals surface area contributed by atoms with Gasteiger partial charge in [0, 0.05) is 6.42 Å². The van der Waals surface area contributed by atoms with Crippen LogP contribution in [0.4, 0.5) is 0 Å². The lowest BCUT2D eigenvalue weighted by atomic mass is 10.0. The molecule has 0 spiro atoms. The van der Waals surface area contributed by atoms with Gasteiger partial charge in [0.25, 0.3) is 7.82 Å². The Labute approximate surface area is 333 Å². The molecule has 0 heterocycles. The molecule has 0 aliphatic rings. The van der Waals surface area contributed by atoms with Gasteiger partial charge in [0.1, 0.15) is 13.2 Å². The van der Waals surface area contributed by atoms with E-state index in [0.717, 1.165) is 64.2 Å². The minimum atomic E-state index is -4.59. The van der Waals surface area contributed by atoms with Crippen molar-refractivity contribution in [2.45, 2.75) is 193 Å². The van der Waals surface area contributed by atoms with Crippen LogP contribution in [0.2, 0.25) is 0 Å². The fourth-order valence-corrected chi connectivity index (χ4v) is 6.77. The molecule has 316 valence electrons. The van der Waals surface area contributed by atoms with Crippen molar-refractivity contribution >= 4 is 13.7 Å². The second-order valence-corrected chi connectivity index (χ2v) is 17.4. The highest BCUT2D eigenvalue weighted by molar-refractivity contribution is 7.45. The molecule has 8 nitrogen and oxygen atoms in total. The molecule has 0 saturated carbocycles. The van der Waals surface area contributed by atoms with Gasteiger partial charge in [0.05, 0.1) is 39.9 Å². The smallest absolute Gasteiger partial charge is 0.268 e. The zero-order valence-electron chi connectivity index (χ0n) is 35.7. The van der Waals surface area contributed by atoms with Crippen molar-refractivity contribution in [1.82, 2.24) is 5.32 Å². The number of hydrogen-bond donors (Lipinski definition) is 2. The molecule has 3 atom stereocenters. The van der Waals surface area contributed by atoms with Crippen molar-refractivity contribution in [2.75, 3.05) is 40.9 Å². The standard InChI is InChI=1S/C45H85N2O6P/c1-6-8-10-12-14-16-18-20-21-22-23-24-25-27-28-30-32-34-36-38-44(48)43(42-53-54(50,51)52-41-40-47(3,4)5)46-45(49)39-37-35-33-31-29-26-19-17-15-13-11-9-7-2/h9,11,15,17,26,29,36,38,43-44,48H,6-8,10,12-14,16,18-25,27-28,30-35,37,39-42H2,1-5H3,(H-,46,49,50,51)/b11-9-,17-15-,29-26-,38-36+. The summed E-state index contributed by atoms with van der Waals surface area (Å²) in [5.74, 6) is -0.228. The number of likely N-dealkylation sites (N-methyl/N-ethyl adjacent to an activating group) is 1. The average molecular weight is 781 g/mol. The Morgan fingerprint density at radius 2 is 1.13 bits per heavy atom. The monoisotopic (exact) mass is 781 g/mol. The Morgan fingerprint density at radius 3 is 1.65 bits per heavy atom. The topological polar surface area (TPSA) is 108 Å². The van der Waals surface area contributed by atoms with Gasteiger partial charge in [0.2, 0.25) is 5.91 Å². The minimum Gasteiger partial charge on any atom is -0.756 e. The van der Waals surface area contributed by atoms with Crippen LogP contribution >= 0.6 is 7.82 Å². The number of carbonyl (C=O) groups excluding carboxylic acids is 1. The van der Waals surface area contributed by atoms with Crippen LogP contribution in [-0.4, -0.2) is 68.5 Å². The largest absolute Gasteiger partial charge is 0.756 e. The maximum absolute atomic E-state index is 12.8. The van der Waals surface area contributed by atoms with E-state index in [1.54, 1.807) is 6.08 Å². The molecule has 2 N–H and O–H groups in total. The SMILES string of the molecule is CC/C=C\C/C=C\C/C=C\CCCCCC(=O)NC(COP(=O)([O-])OCC[N+](C)(C)C)C(O)/C=C/CCCCCCCCCCCCCCCCCCC. The van der Waals surface area contributed by atoms with Crippen LogP contribution < -0.4 is 10.2 Å².